The monoisotopic (exact) mass is 303 g/mol. The molecule has 1 heterocycles. The van der Waals surface area contributed by atoms with Crippen molar-refractivity contribution >= 4 is 5.91 Å². The Morgan fingerprint density at radius 2 is 2.10 bits per heavy atom. The van der Waals surface area contributed by atoms with Crippen molar-refractivity contribution < 1.29 is 27.5 Å². The van der Waals surface area contributed by atoms with Crippen molar-refractivity contribution in [1.29, 1.82) is 0 Å². The lowest BCUT2D eigenvalue weighted by Crippen LogP contribution is -2.23. The Morgan fingerprint density at radius 3 is 2.71 bits per heavy atom. The first kappa shape index (κ1) is 14.8. The topological polar surface area (TPSA) is 78.0 Å². The summed E-state index contributed by atoms with van der Waals surface area (Å²) in [6, 6.07) is 4.28. The van der Waals surface area contributed by atoms with E-state index in [4.69, 9.17) is 0 Å². The van der Waals surface area contributed by atoms with Crippen LogP contribution in [-0.4, -0.2) is 21.2 Å². The number of hydrogen-bond donors (Lipinski definition) is 3. The number of amides is 1. The summed E-state index contributed by atoms with van der Waals surface area (Å²) in [5, 5.41) is 16.6. The first-order valence-corrected chi connectivity index (χ1v) is 5.66. The number of H-pyrrole nitrogens is 1. The standard InChI is InChI=1S/C12H9F4N3O2/c13-7-3-1-2-6(10(7)20)5-17-11(21)8-4-9(19-18-8)12(14,15)16/h1-4,20H,5H2,(H,17,21)(H,18,19). The molecule has 0 saturated carbocycles. The van der Waals surface area contributed by atoms with Crippen LogP contribution in [0.1, 0.15) is 21.7 Å². The fourth-order valence-corrected chi connectivity index (χ4v) is 1.55. The van der Waals surface area contributed by atoms with E-state index in [0.717, 1.165) is 6.07 Å². The number of para-hydroxylation sites is 1. The number of aromatic hydroxyl groups is 1. The molecule has 0 unspecified atom stereocenters. The van der Waals surface area contributed by atoms with E-state index in [2.05, 4.69) is 10.4 Å². The van der Waals surface area contributed by atoms with Crippen molar-refractivity contribution in [3.8, 4) is 5.75 Å². The average molecular weight is 303 g/mol. The normalized spacial score (nSPS) is 11.4. The lowest BCUT2D eigenvalue weighted by molar-refractivity contribution is -0.141. The van der Waals surface area contributed by atoms with E-state index >= 15 is 0 Å². The van der Waals surface area contributed by atoms with Crippen LogP contribution in [0.4, 0.5) is 17.6 Å². The number of phenols is 1. The van der Waals surface area contributed by atoms with E-state index < -0.39 is 35.0 Å². The number of hydrogen-bond acceptors (Lipinski definition) is 3. The second-order valence-electron chi connectivity index (χ2n) is 4.09. The van der Waals surface area contributed by atoms with Crippen molar-refractivity contribution in [3.63, 3.8) is 0 Å². The van der Waals surface area contributed by atoms with Crippen LogP contribution < -0.4 is 5.32 Å². The third kappa shape index (κ3) is 3.30. The van der Waals surface area contributed by atoms with Crippen molar-refractivity contribution in [2.24, 2.45) is 0 Å². The fourth-order valence-electron chi connectivity index (χ4n) is 1.55. The van der Waals surface area contributed by atoms with Crippen LogP contribution in [0.2, 0.25) is 0 Å². The molecule has 0 saturated heterocycles. The number of aromatic amines is 1. The molecular weight excluding hydrogens is 294 g/mol. The number of halogens is 4. The van der Waals surface area contributed by atoms with Crippen LogP contribution in [0, 0.1) is 5.82 Å². The highest BCUT2D eigenvalue weighted by atomic mass is 19.4. The molecule has 0 aliphatic heterocycles. The van der Waals surface area contributed by atoms with Gasteiger partial charge in [-0.05, 0) is 6.07 Å². The summed E-state index contributed by atoms with van der Waals surface area (Å²) in [6.45, 7) is -0.253. The van der Waals surface area contributed by atoms with Crippen LogP contribution in [-0.2, 0) is 12.7 Å². The average Bonchev–Trinajstić information content (AvgIpc) is 2.90. The van der Waals surface area contributed by atoms with Gasteiger partial charge in [0.25, 0.3) is 5.91 Å². The fraction of sp³-hybridized carbons (Fsp3) is 0.167. The van der Waals surface area contributed by atoms with Gasteiger partial charge in [0.2, 0.25) is 0 Å². The highest BCUT2D eigenvalue weighted by Gasteiger charge is 2.33. The number of alkyl halides is 3. The molecule has 9 heteroatoms. The molecule has 0 radical (unpaired) electrons. The lowest BCUT2D eigenvalue weighted by Gasteiger charge is -2.06. The van der Waals surface area contributed by atoms with Crippen LogP contribution in [0.25, 0.3) is 0 Å². The summed E-state index contributed by atoms with van der Waals surface area (Å²) in [5.74, 6) is -2.37. The Hall–Kier alpha value is -2.58. The highest BCUT2D eigenvalue weighted by molar-refractivity contribution is 5.92. The predicted molar refractivity (Wildman–Crippen MR) is 62.8 cm³/mol. The molecule has 0 spiro atoms. The van der Waals surface area contributed by atoms with Crippen molar-refractivity contribution in [2.45, 2.75) is 12.7 Å². The maximum atomic E-state index is 13.1. The highest BCUT2D eigenvalue weighted by Crippen LogP contribution is 2.27. The summed E-state index contributed by atoms with van der Waals surface area (Å²) in [4.78, 5) is 11.6. The largest absolute Gasteiger partial charge is 0.505 e. The van der Waals surface area contributed by atoms with Crippen molar-refractivity contribution in [1.82, 2.24) is 15.5 Å². The summed E-state index contributed by atoms with van der Waals surface area (Å²) in [6.07, 6.45) is -4.63. The third-order valence-electron chi connectivity index (χ3n) is 2.63. The van der Waals surface area contributed by atoms with Gasteiger partial charge in [0, 0.05) is 18.2 Å². The van der Waals surface area contributed by atoms with Crippen LogP contribution >= 0.6 is 0 Å². The second kappa shape index (κ2) is 5.43. The lowest BCUT2D eigenvalue weighted by atomic mass is 10.2. The Morgan fingerprint density at radius 1 is 1.38 bits per heavy atom. The zero-order valence-electron chi connectivity index (χ0n) is 10.3. The van der Waals surface area contributed by atoms with Gasteiger partial charge in [0.15, 0.2) is 17.3 Å². The van der Waals surface area contributed by atoms with E-state index in [0.29, 0.717) is 6.07 Å². The first-order chi connectivity index (χ1) is 9.79. The molecular formula is C12H9F4N3O2. The molecule has 0 aliphatic rings. The van der Waals surface area contributed by atoms with Crippen LogP contribution in [0.15, 0.2) is 24.3 Å². The van der Waals surface area contributed by atoms with E-state index in [1.165, 1.54) is 12.1 Å². The van der Waals surface area contributed by atoms with E-state index in [-0.39, 0.29) is 12.1 Å². The number of carbonyl (C=O) groups excluding carboxylic acids is 1. The number of carbonyl (C=O) groups is 1. The van der Waals surface area contributed by atoms with Crippen LogP contribution in [0.3, 0.4) is 0 Å². The summed E-state index contributed by atoms with van der Waals surface area (Å²) in [7, 11) is 0. The molecule has 1 amide bonds. The van der Waals surface area contributed by atoms with E-state index in [9.17, 15) is 27.5 Å². The number of aromatic nitrogens is 2. The SMILES string of the molecule is O=C(NCc1cccc(F)c1O)c1cc(C(F)(F)F)[nH]n1. The summed E-state index contributed by atoms with van der Waals surface area (Å²) >= 11 is 0. The Labute approximate surface area is 115 Å². The summed E-state index contributed by atoms with van der Waals surface area (Å²) in [5.41, 5.74) is -1.52. The zero-order valence-corrected chi connectivity index (χ0v) is 10.3. The van der Waals surface area contributed by atoms with E-state index in [1.54, 1.807) is 5.10 Å². The van der Waals surface area contributed by atoms with Gasteiger partial charge < -0.3 is 10.4 Å². The van der Waals surface area contributed by atoms with Crippen molar-refractivity contribution in [2.75, 3.05) is 0 Å². The minimum atomic E-state index is -4.63. The molecule has 0 aliphatic carbocycles. The second-order valence-corrected chi connectivity index (χ2v) is 4.09. The molecule has 2 aromatic rings. The molecule has 5 nitrogen and oxygen atoms in total. The first-order valence-electron chi connectivity index (χ1n) is 5.66. The number of nitrogens with one attached hydrogen (secondary N) is 2. The number of nitrogens with zero attached hydrogens (tertiary/aromatic N) is 1. The zero-order chi connectivity index (χ0) is 15.6. The number of benzene rings is 1. The number of rotatable bonds is 3. The van der Waals surface area contributed by atoms with Crippen molar-refractivity contribution in [3.05, 3.63) is 47.0 Å². The quantitative estimate of drug-likeness (QED) is 0.761. The minimum Gasteiger partial charge on any atom is -0.505 e. The number of phenolic OH excluding ortho intramolecular Hbond substituents is 1. The summed E-state index contributed by atoms with van der Waals surface area (Å²) < 4.78 is 50.1. The molecule has 3 N–H and O–H groups in total. The molecule has 0 bridgehead atoms. The smallest absolute Gasteiger partial charge is 0.432 e. The molecule has 1 aromatic heterocycles. The predicted octanol–water partition coefficient (Wildman–Crippen LogP) is 2.20. The Balaban J connectivity index is 2.05. The molecule has 112 valence electrons. The van der Waals surface area contributed by atoms with Gasteiger partial charge in [0.1, 0.15) is 5.69 Å². The van der Waals surface area contributed by atoms with Gasteiger partial charge in [-0.25, -0.2) is 4.39 Å². The Kier molecular flexibility index (Phi) is 3.83. The third-order valence-corrected chi connectivity index (χ3v) is 2.63. The minimum absolute atomic E-state index is 0.0925. The molecule has 2 rings (SSSR count). The van der Waals surface area contributed by atoms with Gasteiger partial charge in [0.05, 0.1) is 0 Å². The van der Waals surface area contributed by atoms with Crippen LogP contribution in [0.5, 0.6) is 5.75 Å². The Bertz CT molecular complexity index is 667. The van der Waals surface area contributed by atoms with Gasteiger partial charge in [-0.3, -0.25) is 9.89 Å². The molecule has 1 aromatic carbocycles. The van der Waals surface area contributed by atoms with Gasteiger partial charge in [-0.1, -0.05) is 12.1 Å². The van der Waals surface area contributed by atoms with Gasteiger partial charge in [-0.2, -0.15) is 18.3 Å². The molecule has 0 atom stereocenters. The molecule has 0 fully saturated rings. The maximum Gasteiger partial charge on any atom is 0.432 e. The van der Waals surface area contributed by atoms with Gasteiger partial charge >= 0.3 is 6.18 Å². The maximum absolute atomic E-state index is 13.1. The van der Waals surface area contributed by atoms with Gasteiger partial charge in [-0.15, -0.1) is 0 Å². The van der Waals surface area contributed by atoms with E-state index in [1.807, 2.05) is 0 Å². The molecule has 21 heavy (non-hydrogen) atoms.